The normalized spacial score (nSPS) is 11.3. The molecule has 6 heteroatoms. The smallest absolute Gasteiger partial charge is 0.240 e. The van der Waals surface area contributed by atoms with Crippen LogP contribution in [0.15, 0.2) is 47.4 Å². The van der Waals surface area contributed by atoms with Crippen LogP contribution >= 0.6 is 0 Å². The van der Waals surface area contributed by atoms with Gasteiger partial charge < -0.3 is 9.47 Å². The first-order chi connectivity index (χ1) is 11.5. The molecule has 0 saturated heterocycles. The molecule has 2 aromatic carbocycles. The predicted molar refractivity (Wildman–Crippen MR) is 94.2 cm³/mol. The lowest BCUT2D eigenvalue weighted by Gasteiger charge is -2.11. The molecule has 0 bridgehead atoms. The van der Waals surface area contributed by atoms with E-state index in [0.29, 0.717) is 31.1 Å². The molecule has 0 amide bonds. The van der Waals surface area contributed by atoms with Gasteiger partial charge in [-0.25, -0.2) is 13.1 Å². The van der Waals surface area contributed by atoms with Crippen molar-refractivity contribution in [1.82, 2.24) is 4.72 Å². The van der Waals surface area contributed by atoms with E-state index in [2.05, 4.69) is 4.72 Å². The Hall–Kier alpha value is -2.05. The van der Waals surface area contributed by atoms with Gasteiger partial charge in [-0.05, 0) is 50.1 Å². The Balaban J connectivity index is 1.99. The largest absolute Gasteiger partial charge is 0.493 e. The lowest BCUT2D eigenvalue weighted by Crippen LogP contribution is -2.26. The van der Waals surface area contributed by atoms with Crippen molar-refractivity contribution in [2.45, 2.75) is 25.2 Å². The molecule has 1 N–H and O–H groups in total. The molecular weight excluding hydrogens is 326 g/mol. The van der Waals surface area contributed by atoms with Crippen molar-refractivity contribution in [1.29, 1.82) is 0 Å². The Kier molecular flexibility index (Phi) is 6.23. The highest BCUT2D eigenvalue weighted by atomic mass is 32.2. The molecule has 2 rings (SSSR count). The number of aryl methyl sites for hydroxylation is 1. The first kappa shape index (κ1) is 18.3. The fourth-order valence-electron chi connectivity index (χ4n) is 2.27. The second kappa shape index (κ2) is 8.17. The minimum Gasteiger partial charge on any atom is -0.493 e. The molecule has 0 aliphatic heterocycles. The highest BCUT2D eigenvalue weighted by Crippen LogP contribution is 2.28. The van der Waals surface area contributed by atoms with Crippen molar-refractivity contribution >= 4 is 10.0 Å². The first-order valence-electron chi connectivity index (χ1n) is 7.82. The second-order valence-electron chi connectivity index (χ2n) is 5.38. The Morgan fingerprint density at radius 3 is 2.38 bits per heavy atom. The van der Waals surface area contributed by atoms with E-state index in [1.54, 1.807) is 31.4 Å². The van der Waals surface area contributed by atoms with Crippen LogP contribution < -0.4 is 14.2 Å². The average molecular weight is 349 g/mol. The van der Waals surface area contributed by atoms with Crippen LogP contribution in [0.5, 0.6) is 11.5 Å². The number of benzene rings is 2. The van der Waals surface area contributed by atoms with Crippen molar-refractivity contribution in [3.8, 4) is 11.5 Å². The molecule has 0 fully saturated rings. The van der Waals surface area contributed by atoms with Crippen LogP contribution in [-0.2, 0) is 16.4 Å². The standard InChI is InChI=1S/C18H23NO4S/c1-4-23-17-10-7-15(13-18(17)22-3)11-12-19-24(20,21)16-8-5-14(2)6-9-16/h5-10,13,19H,4,11-12H2,1-3H3. The number of ether oxygens (including phenoxy) is 2. The number of rotatable bonds is 8. The summed E-state index contributed by atoms with van der Waals surface area (Å²) in [5.41, 5.74) is 2.00. The van der Waals surface area contributed by atoms with Crippen LogP contribution in [0.2, 0.25) is 0 Å². The van der Waals surface area contributed by atoms with Gasteiger partial charge in [0.15, 0.2) is 11.5 Å². The molecule has 0 aromatic heterocycles. The minimum absolute atomic E-state index is 0.275. The highest BCUT2D eigenvalue weighted by Gasteiger charge is 2.13. The van der Waals surface area contributed by atoms with E-state index < -0.39 is 10.0 Å². The van der Waals surface area contributed by atoms with Crippen molar-refractivity contribution in [3.63, 3.8) is 0 Å². The van der Waals surface area contributed by atoms with Gasteiger partial charge >= 0.3 is 0 Å². The third kappa shape index (κ3) is 4.72. The van der Waals surface area contributed by atoms with E-state index >= 15 is 0 Å². The van der Waals surface area contributed by atoms with Gasteiger partial charge in [0.25, 0.3) is 0 Å². The van der Waals surface area contributed by atoms with Gasteiger partial charge in [-0.15, -0.1) is 0 Å². The molecule has 24 heavy (non-hydrogen) atoms. The van der Waals surface area contributed by atoms with Gasteiger partial charge in [0.1, 0.15) is 0 Å². The van der Waals surface area contributed by atoms with Crippen LogP contribution in [-0.4, -0.2) is 28.7 Å². The zero-order valence-electron chi connectivity index (χ0n) is 14.2. The van der Waals surface area contributed by atoms with Gasteiger partial charge in [0.05, 0.1) is 18.6 Å². The Bertz CT molecular complexity index is 770. The molecule has 0 heterocycles. The predicted octanol–water partition coefficient (Wildman–Crippen LogP) is 2.92. The van der Waals surface area contributed by atoms with Crippen LogP contribution in [0.1, 0.15) is 18.1 Å². The second-order valence-corrected chi connectivity index (χ2v) is 7.15. The zero-order chi connectivity index (χ0) is 17.6. The van der Waals surface area contributed by atoms with Gasteiger partial charge in [0.2, 0.25) is 10.0 Å². The van der Waals surface area contributed by atoms with E-state index in [1.165, 1.54) is 0 Å². The molecule has 0 saturated carbocycles. The Morgan fingerprint density at radius 2 is 1.75 bits per heavy atom. The van der Waals surface area contributed by atoms with Crippen molar-refractivity contribution in [2.24, 2.45) is 0 Å². The zero-order valence-corrected chi connectivity index (χ0v) is 15.0. The fourth-order valence-corrected chi connectivity index (χ4v) is 3.30. The molecular formula is C18H23NO4S. The summed E-state index contributed by atoms with van der Waals surface area (Å²) in [5, 5.41) is 0. The number of hydrogen-bond acceptors (Lipinski definition) is 4. The third-order valence-corrected chi connectivity index (χ3v) is 5.04. The Morgan fingerprint density at radius 1 is 1.04 bits per heavy atom. The van der Waals surface area contributed by atoms with E-state index in [1.807, 2.05) is 32.0 Å². The fraction of sp³-hybridized carbons (Fsp3) is 0.333. The molecule has 0 aliphatic rings. The molecule has 0 atom stereocenters. The number of methoxy groups -OCH3 is 1. The third-order valence-electron chi connectivity index (χ3n) is 3.56. The van der Waals surface area contributed by atoms with Crippen molar-refractivity contribution < 1.29 is 17.9 Å². The van der Waals surface area contributed by atoms with Gasteiger partial charge in [-0.3, -0.25) is 0 Å². The number of sulfonamides is 1. The molecule has 5 nitrogen and oxygen atoms in total. The summed E-state index contributed by atoms with van der Waals surface area (Å²) in [6.45, 7) is 4.70. The summed E-state index contributed by atoms with van der Waals surface area (Å²) in [6, 6.07) is 12.4. The van der Waals surface area contributed by atoms with E-state index in [4.69, 9.17) is 9.47 Å². The maximum Gasteiger partial charge on any atom is 0.240 e. The lowest BCUT2D eigenvalue weighted by atomic mass is 10.1. The van der Waals surface area contributed by atoms with Gasteiger partial charge in [-0.2, -0.15) is 0 Å². The summed E-state index contributed by atoms with van der Waals surface area (Å²) in [5.74, 6) is 1.33. The molecule has 0 unspecified atom stereocenters. The Labute approximate surface area is 143 Å². The highest BCUT2D eigenvalue weighted by molar-refractivity contribution is 7.89. The topological polar surface area (TPSA) is 64.6 Å². The van der Waals surface area contributed by atoms with Crippen LogP contribution in [0.25, 0.3) is 0 Å². The SMILES string of the molecule is CCOc1ccc(CCNS(=O)(=O)c2ccc(C)cc2)cc1OC. The molecule has 0 spiro atoms. The maximum atomic E-state index is 12.2. The van der Waals surface area contributed by atoms with Crippen LogP contribution in [0, 0.1) is 6.92 Å². The van der Waals surface area contributed by atoms with Crippen molar-refractivity contribution in [2.75, 3.05) is 20.3 Å². The minimum atomic E-state index is -3.49. The average Bonchev–Trinajstić information content (AvgIpc) is 2.56. The molecule has 2 aromatic rings. The van der Waals surface area contributed by atoms with Crippen molar-refractivity contribution in [3.05, 3.63) is 53.6 Å². The number of nitrogens with one attached hydrogen (secondary N) is 1. The first-order valence-corrected chi connectivity index (χ1v) is 9.30. The lowest BCUT2D eigenvalue weighted by molar-refractivity contribution is 0.310. The molecule has 0 aliphatic carbocycles. The summed E-state index contributed by atoms with van der Waals surface area (Å²) in [6.07, 6.45) is 0.563. The summed E-state index contributed by atoms with van der Waals surface area (Å²) < 4.78 is 37.9. The van der Waals surface area contributed by atoms with E-state index in [-0.39, 0.29) is 4.90 Å². The molecule has 0 radical (unpaired) electrons. The summed E-state index contributed by atoms with van der Waals surface area (Å²) in [7, 11) is -1.90. The van der Waals surface area contributed by atoms with Crippen LogP contribution in [0.4, 0.5) is 0 Å². The van der Waals surface area contributed by atoms with Crippen LogP contribution in [0.3, 0.4) is 0 Å². The monoisotopic (exact) mass is 349 g/mol. The van der Waals surface area contributed by atoms with E-state index in [9.17, 15) is 8.42 Å². The van der Waals surface area contributed by atoms with E-state index in [0.717, 1.165) is 11.1 Å². The number of hydrogen-bond donors (Lipinski definition) is 1. The summed E-state index contributed by atoms with van der Waals surface area (Å²) in [4.78, 5) is 0.275. The van der Waals surface area contributed by atoms with Gasteiger partial charge in [0, 0.05) is 6.54 Å². The quantitative estimate of drug-likeness (QED) is 0.796. The maximum absolute atomic E-state index is 12.2. The molecule has 130 valence electrons. The summed E-state index contributed by atoms with van der Waals surface area (Å²) >= 11 is 0. The van der Waals surface area contributed by atoms with Gasteiger partial charge in [-0.1, -0.05) is 23.8 Å².